The number of carbonyl (C=O) groups excluding carboxylic acids is 1. The molecular weight excluding hydrogens is 352 g/mol. The number of carbonyl (C=O) groups is 1. The van der Waals surface area contributed by atoms with E-state index in [2.05, 4.69) is 4.72 Å². The molecule has 0 aromatic heterocycles. The molecule has 7 heteroatoms. The molecule has 2 aromatic carbocycles. The lowest BCUT2D eigenvalue weighted by Crippen LogP contribution is -2.29. The molecule has 0 unspecified atom stereocenters. The summed E-state index contributed by atoms with van der Waals surface area (Å²) in [6.07, 6.45) is 1.95. The van der Waals surface area contributed by atoms with Crippen molar-refractivity contribution >= 4 is 21.6 Å². The standard InChI is InChI=1S/C19H22N2O4S/c1-14-6-5-7-17(18(14)19(22)21-12-3-4-13-21)20-26(23,24)16-10-8-15(25-2)9-11-16/h5-11,20H,3-4,12-13H2,1-2H3. The second-order valence-corrected chi connectivity index (χ2v) is 7.96. The Morgan fingerprint density at radius 2 is 1.73 bits per heavy atom. The van der Waals surface area contributed by atoms with Crippen molar-refractivity contribution in [2.45, 2.75) is 24.7 Å². The molecule has 2 aromatic rings. The third-order valence-corrected chi connectivity index (χ3v) is 5.88. The summed E-state index contributed by atoms with van der Waals surface area (Å²) in [5.74, 6) is 0.442. The Morgan fingerprint density at radius 1 is 1.08 bits per heavy atom. The summed E-state index contributed by atoms with van der Waals surface area (Å²) in [5, 5.41) is 0. The van der Waals surface area contributed by atoms with Crippen LogP contribution < -0.4 is 9.46 Å². The monoisotopic (exact) mass is 374 g/mol. The van der Waals surface area contributed by atoms with E-state index in [0.29, 0.717) is 30.1 Å². The smallest absolute Gasteiger partial charge is 0.261 e. The van der Waals surface area contributed by atoms with Crippen LogP contribution in [0.5, 0.6) is 5.75 Å². The molecule has 0 spiro atoms. The van der Waals surface area contributed by atoms with Gasteiger partial charge in [0, 0.05) is 13.1 Å². The number of benzene rings is 2. The van der Waals surface area contributed by atoms with Gasteiger partial charge < -0.3 is 9.64 Å². The maximum absolute atomic E-state index is 12.9. The Kier molecular flexibility index (Phi) is 5.18. The van der Waals surface area contributed by atoms with Crippen molar-refractivity contribution in [3.63, 3.8) is 0 Å². The van der Waals surface area contributed by atoms with Crippen molar-refractivity contribution in [3.05, 3.63) is 53.6 Å². The van der Waals surface area contributed by atoms with Crippen molar-refractivity contribution in [1.29, 1.82) is 0 Å². The van der Waals surface area contributed by atoms with Crippen LogP contribution in [0.3, 0.4) is 0 Å². The van der Waals surface area contributed by atoms with Crippen molar-refractivity contribution in [1.82, 2.24) is 4.90 Å². The molecule has 1 aliphatic rings. The Morgan fingerprint density at radius 3 is 2.35 bits per heavy atom. The summed E-state index contributed by atoms with van der Waals surface area (Å²) in [4.78, 5) is 14.8. The van der Waals surface area contributed by atoms with Gasteiger partial charge in [0.1, 0.15) is 5.75 Å². The van der Waals surface area contributed by atoms with Crippen LogP contribution in [0.2, 0.25) is 0 Å². The van der Waals surface area contributed by atoms with E-state index in [4.69, 9.17) is 4.74 Å². The van der Waals surface area contributed by atoms with Gasteiger partial charge in [0.25, 0.3) is 15.9 Å². The van der Waals surface area contributed by atoms with Crippen LogP contribution in [0.25, 0.3) is 0 Å². The maximum atomic E-state index is 12.9. The minimum atomic E-state index is -3.81. The lowest BCUT2D eigenvalue weighted by atomic mass is 10.1. The van der Waals surface area contributed by atoms with Crippen molar-refractivity contribution < 1.29 is 17.9 Å². The zero-order valence-corrected chi connectivity index (χ0v) is 15.7. The third kappa shape index (κ3) is 3.67. The molecule has 0 saturated carbocycles. The molecule has 1 amide bonds. The van der Waals surface area contributed by atoms with Crippen LogP contribution >= 0.6 is 0 Å². The highest BCUT2D eigenvalue weighted by Crippen LogP contribution is 2.26. The minimum Gasteiger partial charge on any atom is -0.497 e. The SMILES string of the molecule is COc1ccc(S(=O)(=O)Nc2cccc(C)c2C(=O)N2CCCC2)cc1. The highest BCUT2D eigenvalue weighted by Gasteiger charge is 2.25. The highest BCUT2D eigenvalue weighted by atomic mass is 32.2. The average Bonchev–Trinajstić information content (AvgIpc) is 3.16. The predicted octanol–water partition coefficient (Wildman–Crippen LogP) is 3.04. The molecule has 1 heterocycles. The van der Waals surface area contributed by atoms with E-state index in [1.165, 1.54) is 19.2 Å². The lowest BCUT2D eigenvalue weighted by Gasteiger charge is -2.20. The fraction of sp³-hybridized carbons (Fsp3) is 0.316. The first kappa shape index (κ1) is 18.3. The lowest BCUT2D eigenvalue weighted by molar-refractivity contribution is 0.0793. The fourth-order valence-electron chi connectivity index (χ4n) is 3.07. The van der Waals surface area contributed by atoms with Gasteiger partial charge in [-0.15, -0.1) is 0 Å². The Bertz CT molecular complexity index is 902. The molecule has 0 radical (unpaired) electrons. The van der Waals surface area contributed by atoms with E-state index in [1.54, 1.807) is 29.2 Å². The van der Waals surface area contributed by atoms with Gasteiger partial charge in [-0.3, -0.25) is 9.52 Å². The minimum absolute atomic E-state index is 0.111. The van der Waals surface area contributed by atoms with Gasteiger partial charge in [-0.05, 0) is 55.7 Å². The van der Waals surface area contributed by atoms with Gasteiger partial charge in [0.15, 0.2) is 0 Å². The summed E-state index contributed by atoms with van der Waals surface area (Å²) in [6.45, 7) is 3.23. The van der Waals surface area contributed by atoms with E-state index in [-0.39, 0.29) is 10.8 Å². The van der Waals surface area contributed by atoms with E-state index < -0.39 is 10.0 Å². The quantitative estimate of drug-likeness (QED) is 0.873. The molecule has 3 rings (SSSR count). The zero-order valence-electron chi connectivity index (χ0n) is 14.9. The van der Waals surface area contributed by atoms with Crippen LogP contribution in [-0.4, -0.2) is 39.4 Å². The molecular formula is C19H22N2O4S. The first-order valence-electron chi connectivity index (χ1n) is 8.48. The van der Waals surface area contributed by atoms with Crippen molar-refractivity contribution in [3.8, 4) is 5.75 Å². The van der Waals surface area contributed by atoms with Gasteiger partial charge in [0.05, 0.1) is 23.3 Å². The number of nitrogens with zero attached hydrogens (tertiary/aromatic N) is 1. The topological polar surface area (TPSA) is 75.7 Å². The number of ether oxygens (including phenoxy) is 1. The number of anilines is 1. The van der Waals surface area contributed by atoms with Gasteiger partial charge in [-0.2, -0.15) is 0 Å². The summed E-state index contributed by atoms with van der Waals surface area (Å²) in [6, 6.07) is 11.3. The second kappa shape index (κ2) is 7.37. The molecule has 26 heavy (non-hydrogen) atoms. The highest BCUT2D eigenvalue weighted by molar-refractivity contribution is 7.92. The molecule has 0 aliphatic carbocycles. The van der Waals surface area contributed by atoms with Crippen molar-refractivity contribution in [2.75, 3.05) is 24.9 Å². The number of hydrogen-bond acceptors (Lipinski definition) is 4. The number of amides is 1. The molecule has 1 N–H and O–H groups in total. The number of likely N-dealkylation sites (tertiary alicyclic amines) is 1. The van der Waals surface area contributed by atoms with Crippen LogP contribution in [0.4, 0.5) is 5.69 Å². The van der Waals surface area contributed by atoms with Crippen LogP contribution in [0, 0.1) is 6.92 Å². The number of sulfonamides is 1. The predicted molar refractivity (Wildman–Crippen MR) is 100 cm³/mol. The van der Waals surface area contributed by atoms with E-state index >= 15 is 0 Å². The Balaban J connectivity index is 1.93. The molecule has 138 valence electrons. The van der Waals surface area contributed by atoms with Gasteiger partial charge in [-0.1, -0.05) is 12.1 Å². The number of nitrogens with one attached hydrogen (secondary N) is 1. The summed E-state index contributed by atoms with van der Waals surface area (Å²) in [7, 11) is -2.29. The normalized spacial score (nSPS) is 14.3. The first-order valence-corrected chi connectivity index (χ1v) is 9.96. The van der Waals surface area contributed by atoms with Crippen molar-refractivity contribution in [2.24, 2.45) is 0 Å². The summed E-state index contributed by atoms with van der Waals surface area (Å²) < 4.78 is 33.1. The van der Waals surface area contributed by atoms with Gasteiger partial charge in [-0.25, -0.2) is 8.42 Å². The molecule has 1 fully saturated rings. The maximum Gasteiger partial charge on any atom is 0.261 e. The van der Waals surface area contributed by atoms with Gasteiger partial charge >= 0.3 is 0 Å². The van der Waals surface area contributed by atoms with E-state index in [9.17, 15) is 13.2 Å². The fourth-order valence-corrected chi connectivity index (χ4v) is 4.15. The summed E-state index contributed by atoms with van der Waals surface area (Å²) in [5.41, 5.74) is 1.46. The molecule has 1 aliphatic heterocycles. The average molecular weight is 374 g/mol. The van der Waals surface area contributed by atoms with E-state index in [0.717, 1.165) is 18.4 Å². The van der Waals surface area contributed by atoms with Gasteiger partial charge in [0.2, 0.25) is 0 Å². The Labute approximate surface area is 153 Å². The van der Waals surface area contributed by atoms with Crippen LogP contribution in [0.1, 0.15) is 28.8 Å². The number of rotatable bonds is 5. The molecule has 0 atom stereocenters. The number of hydrogen-bond donors (Lipinski definition) is 1. The number of methoxy groups -OCH3 is 1. The second-order valence-electron chi connectivity index (χ2n) is 6.28. The largest absolute Gasteiger partial charge is 0.497 e. The van der Waals surface area contributed by atoms with Crippen LogP contribution in [-0.2, 0) is 10.0 Å². The van der Waals surface area contributed by atoms with Crippen LogP contribution in [0.15, 0.2) is 47.4 Å². The zero-order chi connectivity index (χ0) is 18.7. The third-order valence-electron chi connectivity index (χ3n) is 4.49. The molecule has 0 bridgehead atoms. The Hall–Kier alpha value is -2.54. The number of aryl methyl sites for hydroxylation is 1. The molecule has 1 saturated heterocycles. The summed E-state index contributed by atoms with van der Waals surface area (Å²) >= 11 is 0. The van der Waals surface area contributed by atoms with E-state index in [1.807, 2.05) is 13.0 Å². The first-order chi connectivity index (χ1) is 12.4. The molecule has 6 nitrogen and oxygen atoms in total.